The van der Waals surface area contributed by atoms with Gasteiger partial charge in [-0.1, -0.05) is 54.6 Å². The molecular formula is C29H28N2O4S. The van der Waals surface area contributed by atoms with E-state index in [1.807, 2.05) is 62.4 Å². The molecular weight excluding hydrogens is 472 g/mol. The predicted molar refractivity (Wildman–Crippen MR) is 143 cm³/mol. The van der Waals surface area contributed by atoms with Gasteiger partial charge in [-0.05, 0) is 73.0 Å². The van der Waals surface area contributed by atoms with Crippen LogP contribution in [0, 0.1) is 13.8 Å². The first-order valence-electron chi connectivity index (χ1n) is 11.5. The summed E-state index contributed by atoms with van der Waals surface area (Å²) in [4.78, 5) is 13.6. The number of sulfonamides is 1. The van der Waals surface area contributed by atoms with Crippen molar-refractivity contribution in [3.05, 3.63) is 119 Å². The van der Waals surface area contributed by atoms with Crippen molar-refractivity contribution >= 4 is 27.3 Å². The molecule has 0 saturated heterocycles. The molecule has 0 spiro atoms. The number of benzene rings is 4. The lowest BCUT2D eigenvalue weighted by Gasteiger charge is -2.27. The number of carbonyl (C=O) groups is 1. The van der Waals surface area contributed by atoms with E-state index in [1.54, 1.807) is 36.4 Å². The van der Waals surface area contributed by atoms with Gasteiger partial charge in [-0.3, -0.25) is 9.10 Å². The van der Waals surface area contributed by atoms with E-state index in [9.17, 15) is 13.2 Å². The molecule has 1 amide bonds. The second-order valence-corrected chi connectivity index (χ2v) is 10.3. The molecule has 0 fully saturated rings. The summed E-state index contributed by atoms with van der Waals surface area (Å²) in [5.74, 6) is 0.166. The first kappa shape index (κ1) is 25.0. The van der Waals surface area contributed by atoms with E-state index in [2.05, 4.69) is 5.32 Å². The van der Waals surface area contributed by atoms with Gasteiger partial charge in [0.2, 0.25) is 0 Å². The molecule has 4 aromatic carbocycles. The Bertz CT molecular complexity index is 1470. The quantitative estimate of drug-likeness (QED) is 0.324. The van der Waals surface area contributed by atoms with Gasteiger partial charge in [0, 0.05) is 5.69 Å². The Kier molecular flexibility index (Phi) is 7.41. The number of nitrogens with one attached hydrogen (secondary N) is 1. The third-order valence-electron chi connectivity index (χ3n) is 6.09. The Balaban J connectivity index is 1.79. The molecule has 0 radical (unpaired) electrons. The number of rotatable bonds is 8. The number of para-hydroxylation sites is 1. The fourth-order valence-electron chi connectivity index (χ4n) is 3.88. The van der Waals surface area contributed by atoms with Crippen LogP contribution < -0.4 is 14.4 Å². The van der Waals surface area contributed by atoms with Crippen molar-refractivity contribution in [2.24, 2.45) is 0 Å². The number of anilines is 2. The summed E-state index contributed by atoms with van der Waals surface area (Å²) in [7, 11) is -2.50. The van der Waals surface area contributed by atoms with Crippen molar-refractivity contribution in [2.45, 2.75) is 25.3 Å². The molecule has 0 unspecified atom stereocenters. The van der Waals surface area contributed by atoms with E-state index in [0.29, 0.717) is 17.1 Å². The maximum absolute atomic E-state index is 13.9. The summed E-state index contributed by atoms with van der Waals surface area (Å²) < 4.78 is 34.3. The van der Waals surface area contributed by atoms with Crippen molar-refractivity contribution < 1.29 is 17.9 Å². The van der Waals surface area contributed by atoms with Crippen LogP contribution in [0.2, 0.25) is 0 Å². The maximum atomic E-state index is 13.9. The number of aryl methyl sites for hydroxylation is 1. The van der Waals surface area contributed by atoms with Crippen molar-refractivity contribution in [1.29, 1.82) is 0 Å². The second kappa shape index (κ2) is 10.7. The van der Waals surface area contributed by atoms with Crippen molar-refractivity contribution in [2.75, 3.05) is 16.7 Å². The molecule has 0 aliphatic carbocycles. The molecule has 36 heavy (non-hydrogen) atoms. The predicted octanol–water partition coefficient (Wildman–Crippen LogP) is 5.96. The topological polar surface area (TPSA) is 75.7 Å². The molecule has 6 nitrogen and oxygen atoms in total. The highest BCUT2D eigenvalue weighted by Crippen LogP contribution is 2.31. The van der Waals surface area contributed by atoms with Gasteiger partial charge in [0.25, 0.3) is 15.9 Å². The fraction of sp³-hybridized carbons (Fsp3) is 0.138. The van der Waals surface area contributed by atoms with E-state index >= 15 is 0 Å². The van der Waals surface area contributed by atoms with E-state index in [-0.39, 0.29) is 22.9 Å². The Hall–Kier alpha value is -4.10. The zero-order valence-electron chi connectivity index (χ0n) is 20.4. The Morgan fingerprint density at radius 3 is 2.19 bits per heavy atom. The van der Waals surface area contributed by atoms with E-state index < -0.39 is 10.0 Å². The largest absolute Gasteiger partial charge is 0.497 e. The lowest BCUT2D eigenvalue weighted by molar-refractivity contribution is 0.102. The van der Waals surface area contributed by atoms with Gasteiger partial charge in [0.15, 0.2) is 0 Å². The standard InChI is InChI=1S/C29H28N2O4S/c1-21-10-9-14-27(22(21)2)30-29(32)26-13-7-8-15-28(26)31(20-23-11-5-4-6-12-23)36(33,34)25-18-16-24(35-3)17-19-25/h4-19H,20H2,1-3H3,(H,30,32). The highest BCUT2D eigenvalue weighted by Gasteiger charge is 2.29. The average Bonchev–Trinajstić information content (AvgIpc) is 2.90. The van der Waals surface area contributed by atoms with Crippen LogP contribution in [0.15, 0.2) is 102 Å². The molecule has 0 saturated carbocycles. The van der Waals surface area contributed by atoms with E-state index in [4.69, 9.17) is 4.74 Å². The van der Waals surface area contributed by atoms with Gasteiger partial charge in [-0.15, -0.1) is 0 Å². The second-order valence-electron chi connectivity index (χ2n) is 8.39. The SMILES string of the molecule is COc1ccc(S(=O)(=O)N(Cc2ccccc2)c2ccccc2C(=O)Nc2cccc(C)c2C)cc1. The molecule has 0 aromatic heterocycles. The van der Waals surface area contributed by atoms with Crippen molar-refractivity contribution in [3.8, 4) is 5.75 Å². The molecule has 4 aromatic rings. The summed E-state index contributed by atoms with van der Waals surface area (Å²) in [5.41, 5.74) is 4.03. The Labute approximate surface area is 212 Å². The molecule has 1 N–H and O–H groups in total. The van der Waals surface area contributed by atoms with Crippen LogP contribution in [0.4, 0.5) is 11.4 Å². The highest BCUT2D eigenvalue weighted by atomic mass is 32.2. The summed E-state index contributed by atoms with van der Waals surface area (Å²) in [5, 5.41) is 2.96. The van der Waals surface area contributed by atoms with Gasteiger partial charge in [-0.25, -0.2) is 8.42 Å². The monoisotopic (exact) mass is 500 g/mol. The van der Waals surface area contributed by atoms with Crippen LogP contribution in [0.3, 0.4) is 0 Å². The zero-order valence-corrected chi connectivity index (χ0v) is 21.2. The third kappa shape index (κ3) is 5.26. The van der Waals surface area contributed by atoms with Gasteiger partial charge in [0.05, 0.1) is 29.8 Å². The minimum absolute atomic E-state index is 0.0585. The third-order valence-corrected chi connectivity index (χ3v) is 7.86. The van der Waals surface area contributed by atoms with Crippen molar-refractivity contribution in [1.82, 2.24) is 0 Å². The number of hydrogen-bond donors (Lipinski definition) is 1. The summed E-state index contributed by atoms with van der Waals surface area (Å²) >= 11 is 0. The molecule has 0 heterocycles. The number of carbonyl (C=O) groups excluding carboxylic acids is 1. The van der Waals surface area contributed by atoms with Crippen LogP contribution in [0.5, 0.6) is 5.75 Å². The van der Waals surface area contributed by atoms with Crippen LogP contribution in [0.25, 0.3) is 0 Å². The summed E-state index contributed by atoms with van der Waals surface area (Å²) in [6.07, 6.45) is 0. The van der Waals surface area contributed by atoms with Gasteiger partial charge >= 0.3 is 0 Å². The maximum Gasteiger partial charge on any atom is 0.264 e. The molecule has 4 rings (SSSR count). The van der Waals surface area contributed by atoms with E-state index in [0.717, 1.165) is 16.7 Å². The number of nitrogens with zero attached hydrogens (tertiary/aromatic N) is 1. The molecule has 0 atom stereocenters. The smallest absolute Gasteiger partial charge is 0.264 e. The summed E-state index contributed by atoms with van der Waals surface area (Å²) in [6, 6.07) is 27.9. The summed E-state index contributed by atoms with van der Waals surface area (Å²) in [6.45, 7) is 3.97. The van der Waals surface area contributed by atoms with Crippen LogP contribution in [-0.2, 0) is 16.6 Å². The first-order chi connectivity index (χ1) is 17.3. The van der Waals surface area contributed by atoms with Crippen LogP contribution in [-0.4, -0.2) is 21.4 Å². The molecule has 184 valence electrons. The van der Waals surface area contributed by atoms with Gasteiger partial charge in [0.1, 0.15) is 5.75 Å². The number of methoxy groups -OCH3 is 1. The fourth-order valence-corrected chi connectivity index (χ4v) is 5.35. The van der Waals surface area contributed by atoms with Gasteiger partial charge in [-0.2, -0.15) is 0 Å². The average molecular weight is 501 g/mol. The Morgan fingerprint density at radius 1 is 0.833 bits per heavy atom. The number of hydrogen-bond acceptors (Lipinski definition) is 4. The highest BCUT2D eigenvalue weighted by molar-refractivity contribution is 7.92. The molecule has 0 bridgehead atoms. The van der Waals surface area contributed by atoms with Crippen LogP contribution >= 0.6 is 0 Å². The molecule has 0 aliphatic heterocycles. The normalized spacial score (nSPS) is 11.1. The lowest BCUT2D eigenvalue weighted by atomic mass is 10.1. The van der Waals surface area contributed by atoms with E-state index in [1.165, 1.54) is 23.5 Å². The first-order valence-corrected chi connectivity index (χ1v) is 12.9. The number of ether oxygens (including phenoxy) is 1. The lowest BCUT2D eigenvalue weighted by Crippen LogP contribution is -2.32. The molecule has 7 heteroatoms. The Morgan fingerprint density at radius 2 is 1.50 bits per heavy atom. The molecule has 0 aliphatic rings. The minimum atomic E-state index is -4.02. The minimum Gasteiger partial charge on any atom is -0.497 e. The van der Waals surface area contributed by atoms with Crippen molar-refractivity contribution in [3.63, 3.8) is 0 Å². The zero-order chi connectivity index (χ0) is 25.7. The van der Waals surface area contributed by atoms with Crippen LogP contribution in [0.1, 0.15) is 27.0 Å². The number of amides is 1. The van der Waals surface area contributed by atoms with Gasteiger partial charge < -0.3 is 10.1 Å².